The van der Waals surface area contributed by atoms with E-state index in [-0.39, 0.29) is 18.2 Å². The molecule has 0 rings (SSSR count). The van der Waals surface area contributed by atoms with Gasteiger partial charge in [-0.05, 0) is 39.8 Å². The standard InChI is InChI=1S/C15H29NO3Si/c1-11(2)16(12(3)4)15(18)19-10-9-14(13(5)17)20(6,7)8/h10-13,17H,1-8H3/t9?,13-/m1/s1. The van der Waals surface area contributed by atoms with Gasteiger partial charge in [-0.15, -0.1) is 0 Å². The highest BCUT2D eigenvalue weighted by Crippen LogP contribution is 2.17. The van der Waals surface area contributed by atoms with Crippen molar-refractivity contribution in [3.8, 4) is 0 Å². The lowest BCUT2D eigenvalue weighted by molar-refractivity contribution is 0.109. The summed E-state index contributed by atoms with van der Waals surface area (Å²) in [6.45, 7) is 15.9. The lowest BCUT2D eigenvalue weighted by Gasteiger charge is -2.28. The maximum atomic E-state index is 12.0. The van der Waals surface area contributed by atoms with Crippen LogP contribution in [-0.4, -0.2) is 42.4 Å². The lowest BCUT2D eigenvalue weighted by atomic mass is 10.2. The zero-order valence-electron chi connectivity index (χ0n) is 14.0. The van der Waals surface area contributed by atoms with Crippen molar-refractivity contribution in [3.63, 3.8) is 0 Å². The Morgan fingerprint density at radius 2 is 1.60 bits per heavy atom. The molecule has 0 saturated heterocycles. The molecule has 0 aliphatic heterocycles. The summed E-state index contributed by atoms with van der Waals surface area (Å²) >= 11 is 0. The highest BCUT2D eigenvalue weighted by Gasteiger charge is 2.24. The van der Waals surface area contributed by atoms with E-state index in [9.17, 15) is 9.90 Å². The first-order valence-corrected chi connectivity index (χ1v) is 10.6. The molecule has 0 saturated carbocycles. The molecule has 0 fully saturated rings. The molecule has 1 amide bonds. The highest BCUT2D eigenvalue weighted by atomic mass is 28.3. The quantitative estimate of drug-likeness (QED) is 0.480. The SMILES string of the molecule is CC(C)N(C(=O)OC=C=C([C@@H](C)O)[Si](C)(C)C)C(C)C. The summed E-state index contributed by atoms with van der Waals surface area (Å²) in [7, 11) is -1.67. The number of hydrogen-bond acceptors (Lipinski definition) is 3. The third-order valence-corrected chi connectivity index (χ3v) is 5.10. The average Bonchev–Trinajstić information content (AvgIpc) is 2.20. The molecular formula is C15H29NO3Si. The van der Waals surface area contributed by atoms with Crippen LogP contribution >= 0.6 is 0 Å². The number of carbonyl (C=O) groups is 1. The van der Waals surface area contributed by atoms with Crippen LogP contribution in [-0.2, 0) is 4.74 Å². The molecule has 0 spiro atoms. The Bertz CT molecular complexity index is 380. The third-order valence-electron chi connectivity index (χ3n) is 2.92. The van der Waals surface area contributed by atoms with E-state index in [1.165, 1.54) is 6.26 Å². The maximum Gasteiger partial charge on any atom is 0.415 e. The minimum atomic E-state index is -1.67. The van der Waals surface area contributed by atoms with Crippen molar-refractivity contribution in [1.82, 2.24) is 4.90 Å². The molecule has 0 aromatic heterocycles. The average molecular weight is 299 g/mol. The van der Waals surface area contributed by atoms with Crippen LogP contribution in [0.2, 0.25) is 19.6 Å². The van der Waals surface area contributed by atoms with E-state index in [0.29, 0.717) is 0 Å². The molecule has 4 nitrogen and oxygen atoms in total. The molecular weight excluding hydrogens is 270 g/mol. The molecule has 0 aromatic carbocycles. The number of nitrogens with zero attached hydrogens (tertiary/aromatic N) is 1. The Hall–Kier alpha value is -1.03. The Labute approximate surface area is 124 Å². The van der Waals surface area contributed by atoms with Crippen molar-refractivity contribution in [3.05, 3.63) is 17.2 Å². The molecule has 0 aromatic rings. The molecule has 5 heteroatoms. The maximum absolute atomic E-state index is 12.0. The van der Waals surface area contributed by atoms with Gasteiger partial charge in [0, 0.05) is 12.1 Å². The summed E-state index contributed by atoms with van der Waals surface area (Å²) < 4.78 is 5.14. The Morgan fingerprint density at radius 1 is 1.15 bits per heavy atom. The second-order valence-corrected chi connectivity index (χ2v) is 11.6. The molecule has 0 bridgehead atoms. The van der Waals surface area contributed by atoms with Crippen molar-refractivity contribution in [2.24, 2.45) is 0 Å². The zero-order valence-corrected chi connectivity index (χ0v) is 15.0. The fourth-order valence-electron chi connectivity index (χ4n) is 2.19. The number of ether oxygens (including phenoxy) is 1. The zero-order chi connectivity index (χ0) is 16.1. The predicted molar refractivity (Wildman–Crippen MR) is 85.2 cm³/mol. The summed E-state index contributed by atoms with van der Waals surface area (Å²) in [5.41, 5.74) is 2.96. The third kappa shape index (κ3) is 5.95. The topological polar surface area (TPSA) is 49.8 Å². The van der Waals surface area contributed by atoms with E-state index in [1.54, 1.807) is 11.8 Å². The van der Waals surface area contributed by atoms with Gasteiger partial charge in [0.25, 0.3) is 0 Å². The first kappa shape index (κ1) is 19.0. The smallest absolute Gasteiger partial charge is 0.410 e. The van der Waals surface area contributed by atoms with E-state index in [2.05, 4.69) is 25.4 Å². The highest BCUT2D eigenvalue weighted by molar-refractivity contribution is 6.83. The van der Waals surface area contributed by atoms with Crippen molar-refractivity contribution in [2.45, 2.75) is 72.4 Å². The van der Waals surface area contributed by atoms with Gasteiger partial charge in [0.1, 0.15) is 6.26 Å². The van der Waals surface area contributed by atoms with Crippen molar-refractivity contribution in [2.75, 3.05) is 0 Å². The fraction of sp³-hybridized carbons (Fsp3) is 0.733. The molecule has 0 unspecified atom stereocenters. The number of aliphatic hydroxyl groups is 1. The minimum Gasteiger partial charge on any atom is -0.410 e. The van der Waals surface area contributed by atoms with Gasteiger partial charge in [0.05, 0.1) is 14.2 Å². The summed E-state index contributed by atoms with van der Waals surface area (Å²) in [4.78, 5) is 13.7. The van der Waals surface area contributed by atoms with E-state index in [4.69, 9.17) is 4.74 Å². The second-order valence-electron chi connectivity index (χ2n) is 6.58. The van der Waals surface area contributed by atoms with Crippen LogP contribution in [0.4, 0.5) is 4.79 Å². The van der Waals surface area contributed by atoms with Crippen molar-refractivity contribution >= 4 is 14.2 Å². The first-order chi connectivity index (χ1) is 8.98. The Morgan fingerprint density at radius 3 is 1.90 bits per heavy atom. The van der Waals surface area contributed by atoms with Crippen molar-refractivity contribution in [1.29, 1.82) is 0 Å². The fourth-order valence-corrected chi connectivity index (χ4v) is 3.93. The molecule has 1 atom stereocenters. The van der Waals surface area contributed by atoms with Gasteiger partial charge in [-0.2, -0.15) is 0 Å². The van der Waals surface area contributed by atoms with Crippen LogP contribution in [0.25, 0.3) is 0 Å². The molecule has 0 heterocycles. The van der Waals surface area contributed by atoms with Gasteiger partial charge in [-0.3, -0.25) is 0 Å². The van der Waals surface area contributed by atoms with Crippen LogP contribution in [0.5, 0.6) is 0 Å². The number of rotatable bonds is 5. The molecule has 116 valence electrons. The predicted octanol–water partition coefficient (Wildman–Crippen LogP) is 3.54. The van der Waals surface area contributed by atoms with Gasteiger partial charge in [0.2, 0.25) is 0 Å². The van der Waals surface area contributed by atoms with Gasteiger partial charge >= 0.3 is 6.09 Å². The second kappa shape index (κ2) is 7.67. The van der Waals surface area contributed by atoms with Gasteiger partial charge in [-0.1, -0.05) is 25.4 Å². The monoisotopic (exact) mass is 299 g/mol. The minimum absolute atomic E-state index is 0.0770. The first-order valence-electron chi connectivity index (χ1n) is 7.11. The van der Waals surface area contributed by atoms with E-state index in [1.807, 2.05) is 27.7 Å². The number of amides is 1. The van der Waals surface area contributed by atoms with E-state index < -0.39 is 14.2 Å². The summed E-state index contributed by atoms with van der Waals surface area (Å²) in [6.07, 6.45) is 0.325. The van der Waals surface area contributed by atoms with Gasteiger partial charge < -0.3 is 14.7 Å². The van der Waals surface area contributed by atoms with E-state index in [0.717, 1.165) is 5.20 Å². The summed E-state index contributed by atoms with van der Waals surface area (Å²) in [6, 6.07) is 0.154. The van der Waals surface area contributed by atoms with Crippen LogP contribution in [0, 0.1) is 0 Å². The number of hydrogen-bond donors (Lipinski definition) is 1. The number of carbonyl (C=O) groups excluding carboxylic acids is 1. The van der Waals surface area contributed by atoms with E-state index >= 15 is 0 Å². The van der Waals surface area contributed by atoms with Crippen LogP contribution in [0.15, 0.2) is 17.2 Å². The van der Waals surface area contributed by atoms with Crippen LogP contribution < -0.4 is 0 Å². The van der Waals surface area contributed by atoms with Crippen LogP contribution in [0.3, 0.4) is 0 Å². The molecule has 0 aliphatic rings. The largest absolute Gasteiger partial charge is 0.415 e. The molecule has 20 heavy (non-hydrogen) atoms. The normalized spacial score (nSPS) is 12.9. The van der Waals surface area contributed by atoms with Gasteiger partial charge in [0.15, 0.2) is 0 Å². The molecule has 0 aliphatic carbocycles. The van der Waals surface area contributed by atoms with Crippen molar-refractivity contribution < 1.29 is 14.6 Å². The number of aliphatic hydroxyl groups excluding tert-OH is 1. The summed E-state index contributed by atoms with van der Waals surface area (Å²) in [5, 5.41) is 10.6. The van der Waals surface area contributed by atoms with Gasteiger partial charge in [-0.25, -0.2) is 4.79 Å². The van der Waals surface area contributed by atoms with Crippen LogP contribution in [0.1, 0.15) is 34.6 Å². The Kier molecular flexibility index (Phi) is 7.27. The molecule has 0 radical (unpaired) electrons. The molecule has 1 N–H and O–H groups in total. The lowest BCUT2D eigenvalue weighted by Crippen LogP contribution is -2.41. The Balaban J connectivity index is 5.06. The summed E-state index contributed by atoms with van der Waals surface area (Å²) in [5.74, 6) is 0.